The van der Waals surface area contributed by atoms with Crippen molar-refractivity contribution in [2.24, 2.45) is 0 Å². The highest BCUT2D eigenvalue weighted by Crippen LogP contribution is 2.30. The van der Waals surface area contributed by atoms with Crippen molar-refractivity contribution in [2.45, 2.75) is 12.8 Å². The number of aromatic amines is 1. The molecule has 0 fully saturated rings. The zero-order valence-electron chi connectivity index (χ0n) is 15.5. The number of esters is 1. The molecule has 0 unspecified atom stereocenters. The quantitative estimate of drug-likeness (QED) is 0.548. The zero-order chi connectivity index (χ0) is 19.9. The Bertz CT molecular complexity index is 953. The Morgan fingerprint density at radius 2 is 1.86 bits per heavy atom. The average Bonchev–Trinajstić information content (AvgIpc) is 3.12. The minimum absolute atomic E-state index is 0.190. The topological polar surface area (TPSA) is 83.2 Å². The van der Waals surface area contributed by atoms with Gasteiger partial charge in [-0.05, 0) is 36.2 Å². The van der Waals surface area contributed by atoms with E-state index in [1.165, 1.54) is 12.1 Å². The van der Waals surface area contributed by atoms with E-state index in [0.717, 1.165) is 22.0 Å². The van der Waals surface area contributed by atoms with Crippen molar-refractivity contribution in [1.82, 2.24) is 15.6 Å². The molecule has 3 rings (SSSR count). The largest absolute Gasteiger partial charge is 0.465 e. The molecule has 1 heterocycles. The Labute approximate surface area is 162 Å². The van der Waals surface area contributed by atoms with Crippen LogP contribution in [0.1, 0.15) is 24.0 Å². The fourth-order valence-electron chi connectivity index (χ4n) is 3.11. The van der Waals surface area contributed by atoms with Crippen LogP contribution >= 0.6 is 0 Å². The van der Waals surface area contributed by atoms with Gasteiger partial charge in [0.15, 0.2) is 0 Å². The summed E-state index contributed by atoms with van der Waals surface area (Å²) in [7, 11) is 0. The molecular weight excluding hydrogens is 361 g/mol. The van der Waals surface area contributed by atoms with Gasteiger partial charge in [-0.1, -0.05) is 30.3 Å². The molecule has 1 aromatic heterocycles. The number of hydrogen-bond donors (Lipinski definition) is 3. The maximum absolute atomic E-state index is 13.4. The number of nitrogens with one attached hydrogen (secondary N) is 3. The summed E-state index contributed by atoms with van der Waals surface area (Å²) in [5.41, 5.74) is 2.85. The molecule has 3 aromatic rings. The lowest BCUT2D eigenvalue weighted by Gasteiger charge is -2.18. The maximum Gasteiger partial charge on any atom is 0.325 e. The second kappa shape index (κ2) is 9.03. The number of hydrogen-bond acceptors (Lipinski definition) is 3. The van der Waals surface area contributed by atoms with Gasteiger partial charge in [0, 0.05) is 29.6 Å². The molecule has 28 heavy (non-hydrogen) atoms. The monoisotopic (exact) mass is 383 g/mol. The third-order valence-corrected chi connectivity index (χ3v) is 4.43. The minimum Gasteiger partial charge on any atom is -0.465 e. The first kappa shape index (κ1) is 19.4. The van der Waals surface area contributed by atoms with Crippen LogP contribution in [0, 0.1) is 5.82 Å². The predicted molar refractivity (Wildman–Crippen MR) is 105 cm³/mol. The van der Waals surface area contributed by atoms with Gasteiger partial charge < -0.3 is 20.4 Å². The first-order valence-electron chi connectivity index (χ1n) is 9.07. The van der Waals surface area contributed by atoms with E-state index in [4.69, 9.17) is 4.74 Å². The summed E-state index contributed by atoms with van der Waals surface area (Å²) in [5.74, 6) is -1.00. The highest BCUT2D eigenvalue weighted by molar-refractivity contribution is 5.84. The van der Waals surface area contributed by atoms with E-state index in [1.54, 1.807) is 19.1 Å². The number of aromatic nitrogens is 1. The van der Waals surface area contributed by atoms with E-state index in [1.807, 2.05) is 30.5 Å². The number of urea groups is 1. The lowest BCUT2D eigenvalue weighted by atomic mass is 9.91. The van der Waals surface area contributed by atoms with E-state index in [9.17, 15) is 14.0 Å². The molecule has 1 atom stereocenters. The first-order valence-corrected chi connectivity index (χ1v) is 9.07. The van der Waals surface area contributed by atoms with Crippen LogP contribution < -0.4 is 10.6 Å². The summed E-state index contributed by atoms with van der Waals surface area (Å²) in [6, 6.07) is 13.6. The van der Waals surface area contributed by atoms with E-state index in [-0.39, 0.29) is 31.4 Å². The summed E-state index contributed by atoms with van der Waals surface area (Å²) >= 11 is 0. The number of H-pyrrole nitrogens is 1. The summed E-state index contributed by atoms with van der Waals surface area (Å²) in [6.07, 6.45) is 1.90. The van der Waals surface area contributed by atoms with Crippen LogP contribution in [-0.4, -0.2) is 36.7 Å². The minimum atomic E-state index is -0.496. The Kier molecular flexibility index (Phi) is 6.26. The van der Waals surface area contributed by atoms with Gasteiger partial charge in [-0.25, -0.2) is 9.18 Å². The molecule has 0 aliphatic carbocycles. The van der Waals surface area contributed by atoms with Gasteiger partial charge in [-0.15, -0.1) is 0 Å². The second-order valence-electron chi connectivity index (χ2n) is 6.26. The highest BCUT2D eigenvalue weighted by Gasteiger charge is 2.19. The molecule has 3 N–H and O–H groups in total. The molecule has 146 valence electrons. The highest BCUT2D eigenvalue weighted by atomic mass is 19.1. The molecule has 0 saturated carbocycles. The number of para-hydroxylation sites is 1. The van der Waals surface area contributed by atoms with Crippen LogP contribution in [-0.2, 0) is 9.53 Å². The fourth-order valence-corrected chi connectivity index (χ4v) is 3.11. The van der Waals surface area contributed by atoms with Gasteiger partial charge in [-0.2, -0.15) is 0 Å². The summed E-state index contributed by atoms with van der Waals surface area (Å²) in [5, 5.41) is 6.29. The van der Waals surface area contributed by atoms with Crippen molar-refractivity contribution < 1.29 is 18.7 Å². The van der Waals surface area contributed by atoms with Crippen molar-refractivity contribution in [2.75, 3.05) is 19.7 Å². The predicted octanol–water partition coefficient (Wildman–Crippen LogP) is 3.30. The molecule has 6 nitrogen and oxygen atoms in total. The van der Waals surface area contributed by atoms with Gasteiger partial charge in [0.1, 0.15) is 12.4 Å². The molecule has 7 heteroatoms. The Morgan fingerprint density at radius 3 is 2.61 bits per heavy atom. The SMILES string of the molecule is CCOC(=O)CNC(=O)NC[C@@H](c1ccc(F)cc1)c1c[nH]c2ccccc12. The van der Waals surface area contributed by atoms with Crippen LogP contribution in [0.5, 0.6) is 0 Å². The van der Waals surface area contributed by atoms with Gasteiger partial charge in [0.05, 0.1) is 6.61 Å². The average molecular weight is 383 g/mol. The molecule has 0 radical (unpaired) electrons. The van der Waals surface area contributed by atoms with Crippen molar-refractivity contribution in [3.63, 3.8) is 0 Å². The Morgan fingerprint density at radius 1 is 1.11 bits per heavy atom. The standard InChI is InChI=1S/C21H22FN3O3/c1-2-28-20(26)13-25-21(27)24-11-17(14-7-9-15(22)10-8-14)18-12-23-19-6-4-3-5-16(18)19/h3-10,12,17,23H,2,11,13H2,1H3,(H2,24,25,27)/t17-/m0/s1. The van der Waals surface area contributed by atoms with E-state index in [2.05, 4.69) is 15.6 Å². The van der Waals surface area contributed by atoms with E-state index < -0.39 is 12.0 Å². The molecule has 0 aliphatic rings. The molecule has 0 spiro atoms. The van der Waals surface area contributed by atoms with Crippen molar-refractivity contribution in [1.29, 1.82) is 0 Å². The van der Waals surface area contributed by atoms with Crippen molar-refractivity contribution >= 4 is 22.9 Å². The summed E-state index contributed by atoms with van der Waals surface area (Å²) in [6.45, 7) is 2.04. The van der Waals surface area contributed by atoms with Gasteiger partial charge in [-0.3, -0.25) is 4.79 Å². The number of carbonyl (C=O) groups excluding carboxylic acids is 2. The van der Waals surface area contributed by atoms with Crippen molar-refractivity contribution in [3.8, 4) is 0 Å². The second-order valence-corrected chi connectivity index (χ2v) is 6.26. The van der Waals surface area contributed by atoms with Crippen LogP contribution in [0.3, 0.4) is 0 Å². The smallest absolute Gasteiger partial charge is 0.325 e. The fraction of sp³-hybridized carbons (Fsp3) is 0.238. The number of amides is 2. The van der Waals surface area contributed by atoms with Crippen LogP contribution in [0.25, 0.3) is 10.9 Å². The van der Waals surface area contributed by atoms with Crippen LogP contribution in [0.2, 0.25) is 0 Å². The number of benzene rings is 2. The first-order chi connectivity index (χ1) is 13.6. The number of rotatable bonds is 7. The third kappa shape index (κ3) is 4.68. The lowest BCUT2D eigenvalue weighted by Crippen LogP contribution is -2.40. The van der Waals surface area contributed by atoms with Crippen LogP contribution in [0.15, 0.2) is 54.7 Å². The maximum atomic E-state index is 13.4. The number of halogens is 1. The lowest BCUT2D eigenvalue weighted by molar-refractivity contribution is -0.141. The van der Waals surface area contributed by atoms with Gasteiger partial charge in [0.2, 0.25) is 0 Å². The zero-order valence-corrected chi connectivity index (χ0v) is 15.5. The summed E-state index contributed by atoms with van der Waals surface area (Å²) < 4.78 is 18.2. The number of carbonyl (C=O) groups is 2. The van der Waals surface area contributed by atoms with E-state index >= 15 is 0 Å². The molecule has 2 aromatic carbocycles. The summed E-state index contributed by atoms with van der Waals surface area (Å²) in [4.78, 5) is 26.7. The molecule has 0 aliphatic heterocycles. The number of fused-ring (bicyclic) bond motifs is 1. The molecular formula is C21H22FN3O3. The van der Waals surface area contributed by atoms with Gasteiger partial charge >= 0.3 is 12.0 Å². The Balaban J connectivity index is 1.77. The van der Waals surface area contributed by atoms with E-state index in [0.29, 0.717) is 0 Å². The van der Waals surface area contributed by atoms with Crippen molar-refractivity contribution in [3.05, 3.63) is 71.7 Å². The molecule has 0 saturated heterocycles. The van der Waals surface area contributed by atoms with Crippen LogP contribution in [0.4, 0.5) is 9.18 Å². The Hall–Kier alpha value is -3.35. The molecule has 0 bridgehead atoms. The molecule has 2 amide bonds. The normalized spacial score (nSPS) is 11.8. The third-order valence-electron chi connectivity index (χ3n) is 4.43. The number of ether oxygens (including phenoxy) is 1. The van der Waals surface area contributed by atoms with Gasteiger partial charge in [0.25, 0.3) is 0 Å².